The molecular weight excluding hydrogens is 491 g/mol. The summed E-state index contributed by atoms with van der Waals surface area (Å²) in [6, 6.07) is 2.91. The average molecular weight is 533 g/mol. The molecule has 2 fully saturated rings. The number of carbonyl (C=O) groups is 1. The predicted octanol–water partition coefficient (Wildman–Crippen LogP) is 4.05. The zero-order chi connectivity index (χ0) is 27.3. The van der Waals surface area contributed by atoms with Crippen LogP contribution in [0.2, 0.25) is 0 Å². The van der Waals surface area contributed by atoms with Crippen LogP contribution in [0.3, 0.4) is 0 Å². The van der Waals surface area contributed by atoms with E-state index in [2.05, 4.69) is 14.9 Å². The Morgan fingerprint density at radius 1 is 1.11 bits per heavy atom. The number of fused-ring (bicyclic) bond motifs is 1. The van der Waals surface area contributed by atoms with Gasteiger partial charge in [-0.25, -0.2) is 19.1 Å². The Morgan fingerprint density at radius 2 is 1.79 bits per heavy atom. The minimum Gasteiger partial charge on any atom is -0.493 e. The van der Waals surface area contributed by atoms with E-state index in [1.165, 1.54) is 6.07 Å². The monoisotopic (exact) mass is 532 g/mol. The number of likely N-dealkylation sites (tertiary alicyclic amines) is 2. The number of hydrogen-bond acceptors (Lipinski definition) is 7. The van der Waals surface area contributed by atoms with Gasteiger partial charge in [0.2, 0.25) is 5.91 Å². The van der Waals surface area contributed by atoms with Gasteiger partial charge in [0.05, 0.1) is 17.7 Å². The molecule has 2 aromatic rings. The van der Waals surface area contributed by atoms with E-state index < -0.39 is 11.4 Å². The maximum atomic E-state index is 14.8. The van der Waals surface area contributed by atoms with E-state index in [1.807, 2.05) is 25.7 Å². The standard InChI is InChI=1S/C28H41FN4O5/c1-19(34)33-13-9-21(10-14-33)17-36-22-15-23(29)26-24(16-22)30-25(31-27(26)35)6-5-20-7-11-32(12-8-20)18-37-38-28(2,3)4/h15-16,20-21H,5-14,17-18H2,1-4H3,(H,30,31,35). The van der Waals surface area contributed by atoms with Crippen molar-refractivity contribution in [3.05, 3.63) is 34.1 Å². The summed E-state index contributed by atoms with van der Waals surface area (Å²) in [7, 11) is 0. The normalized spacial score (nSPS) is 18.3. The number of carbonyl (C=O) groups excluding carboxylic acids is 1. The lowest BCUT2D eigenvalue weighted by Crippen LogP contribution is -2.38. The molecule has 0 radical (unpaired) electrons. The molecule has 2 aliphatic heterocycles. The first kappa shape index (κ1) is 28.4. The number of H-pyrrole nitrogens is 1. The van der Waals surface area contributed by atoms with Gasteiger partial charge in [-0.05, 0) is 64.7 Å². The first-order valence-corrected chi connectivity index (χ1v) is 13.7. The van der Waals surface area contributed by atoms with Gasteiger partial charge in [0.25, 0.3) is 5.56 Å². The summed E-state index contributed by atoms with van der Waals surface area (Å²) in [4.78, 5) is 46.3. The van der Waals surface area contributed by atoms with Gasteiger partial charge in [0, 0.05) is 51.7 Å². The molecule has 0 bridgehead atoms. The Balaban J connectivity index is 1.29. The number of aryl methyl sites for hydroxylation is 1. The van der Waals surface area contributed by atoms with Gasteiger partial charge in [-0.15, -0.1) is 0 Å². The van der Waals surface area contributed by atoms with Crippen LogP contribution in [0.15, 0.2) is 16.9 Å². The van der Waals surface area contributed by atoms with Gasteiger partial charge in [-0.1, -0.05) is 0 Å². The van der Waals surface area contributed by atoms with Crippen molar-refractivity contribution in [3.8, 4) is 5.75 Å². The number of halogens is 1. The van der Waals surface area contributed by atoms with Gasteiger partial charge in [0.1, 0.15) is 29.5 Å². The summed E-state index contributed by atoms with van der Waals surface area (Å²) in [5.74, 6) is 1.23. The number of ether oxygens (including phenoxy) is 1. The molecule has 0 unspecified atom stereocenters. The predicted molar refractivity (Wildman–Crippen MR) is 142 cm³/mol. The van der Waals surface area contributed by atoms with E-state index in [0.717, 1.165) is 45.2 Å². The first-order valence-electron chi connectivity index (χ1n) is 13.7. The lowest BCUT2D eigenvalue weighted by molar-refractivity contribution is -0.365. The van der Waals surface area contributed by atoms with Gasteiger partial charge >= 0.3 is 0 Å². The van der Waals surface area contributed by atoms with Crippen molar-refractivity contribution in [2.24, 2.45) is 11.8 Å². The highest BCUT2D eigenvalue weighted by Crippen LogP contribution is 2.25. The molecule has 210 valence electrons. The Kier molecular flexibility index (Phi) is 9.38. The zero-order valence-corrected chi connectivity index (χ0v) is 23.1. The minimum atomic E-state index is -0.630. The molecule has 0 atom stereocenters. The number of benzene rings is 1. The van der Waals surface area contributed by atoms with Gasteiger partial charge in [-0.3, -0.25) is 14.5 Å². The fourth-order valence-corrected chi connectivity index (χ4v) is 5.10. The van der Waals surface area contributed by atoms with Gasteiger partial charge in [-0.2, -0.15) is 0 Å². The Morgan fingerprint density at radius 3 is 2.45 bits per heavy atom. The second-order valence-corrected chi connectivity index (χ2v) is 11.6. The highest BCUT2D eigenvalue weighted by Gasteiger charge is 2.23. The van der Waals surface area contributed by atoms with Crippen molar-refractivity contribution in [1.82, 2.24) is 19.8 Å². The number of piperidine rings is 2. The van der Waals surface area contributed by atoms with E-state index in [9.17, 15) is 14.0 Å². The van der Waals surface area contributed by atoms with Crippen LogP contribution in [0.5, 0.6) is 5.75 Å². The summed E-state index contributed by atoms with van der Waals surface area (Å²) >= 11 is 0. The van der Waals surface area contributed by atoms with Crippen molar-refractivity contribution in [2.45, 2.75) is 71.8 Å². The molecule has 38 heavy (non-hydrogen) atoms. The largest absolute Gasteiger partial charge is 0.493 e. The molecule has 1 N–H and O–H groups in total. The van der Waals surface area contributed by atoms with Crippen LogP contribution in [0.1, 0.15) is 65.6 Å². The SMILES string of the molecule is CC(=O)N1CCC(COc2cc(F)c3c(=O)[nH]c(CCC4CCN(COOC(C)(C)C)CC4)nc3c2)CC1. The number of nitrogens with one attached hydrogen (secondary N) is 1. The van der Waals surface area contributed by atoms with Gasteiger partial charge < -0.3 is 14.6 Å². The molecule has 2 saturated heterocycles. The van der Waals surface area contributed by atoms with E-state index in [1.54, 1.807) is 13.0 Å². The number of hydrogen-bond donors (Lipinski definition) is 1. The molecule has 0 aliphatic carbocycles. The minimum absolute atomic E-state index is 0.0401. The van der Waals surface area contributed by atoms with Crippen LogP contribution < -0.4 is 10.3 Å². The highest BCUT2D eigenvalue weighted by atomic mass is 19.1. The van der Waals surface area contributed by atoms with Crippen molar-refractivity contribution < 1.29 is 23.7 Å². The molecule has 1 aromatic heterocycles. The highest BCUT2D eigenvalue weighted by molar-refractivity contribution is 5.79. The fourth-order valence-electron chi connectivity index (χ4n) is 5.10. The summed E-state index contributed by atoms with van der Waals surface area (Å²) in [5, 5.41) is -0.0401. The smallest absolute Gasteiger partial charge is 0.261 e. The van der Waals surface area contributed by atoms with Crippen LogP contribution in [0.25, 0.3) is 10.9 Å². The fraction of sp³-hybridized carbons (Fsp3) is 0.679. The molecule has 1 amide bonds. The maximum absolute atomic E-state index is 14.8. The number of amides is 1. The third-order valence-corrected chi connectivity index (χ3v) is 7.37. The summed E-state index contributed by atoms with van der Waals surface area (Å²) in [5.41, 5.74) is -0.472. The molecule has 10 heteroatoms. The van der Waals surface area contributed by atoms with Crippen LogP contribution in [-0.2, 0) is 21.0 Å². The lowest BCUT2D eigenvalue weighted by atomic mass is 9.92. The number of nitrogens with zero attached hydrogens (tertiary/aromatic N) is 3. The first-order chi connectivity index (χ1) is 18.1. The van der Waals surface area contributed by atoms with Crippen LogP contribution >= 0.6 is 0 Å². The third-order valence-electron chi connectivity index (χ3n) is 7.37. The summed E-state index contributed by atoms with van der Waals surface area (Å²) in [6.07, 6.45) is 5.31. The molecule has 3 heterocycles. The quantitative estimate of drug-likeness (QED) is 0.384. The molecular formula is C28H41FN4O5. The molecule has 1 aromatic carbocycles. The van der Waals surface area contributed by atoms with Crippen molar-refractivity contribution in [2.75, 3.05) is 39.5 Å². The average Bonchev–Trinajstić information content (AvgIpc) is 2.86. The number of rotatable bonds is 9. The zero-order valence-electron chi connectivity index (χ0n) is 23.1. The third kappa shape index (κ3) is 7.97. The Labute approximate surface area is 223 Å². The Hall–Kier alpha value is -2.56. The van der Waals surface area contributed by atoms with Crippen LogP contribution in [-0.4, -0.2) is 70.8 Å². The van der Waals surface area contributed by atoms with E-state index in [0.29, 0.717) is 61.8 Å². The summed E-state index contributed by atoms with van der Waals surface area (Å²) < 4.78 is 20.7. The second kappa shape index (κ2) is 12.5. The topological polar surface area (TPSA) is 97.0 Å². The van der Waals surface area contributed by atoms with E-state index in [4.69, 9.17) is 14.5 Å². The van der Waals surface area contributed by atoms with Crippen LogP contribution in [0, 0.1) is 17.7 Å². The second-order valence-electron chi connectivity index (χ2n) is 11.6. The van der Waals surface area contributed by atoms with Crippen molar-refractivity contribution in [1.29, 1.82) is 0 Å². The molecule has 2 aliphatic rings. The molecule has 0 spiro atoms. The number of aromatic amines is 1. The molecule has 9 nitrogen and oxygen atoms in total. The summed E-state index contributed by atoms with van der Waals surface area (Å²) in [6.45, 7) is 11.6. The van der Waals surface area contributed by atoms with E-state index in [-0.39, 0.29) is 16.9 Å². The van der Waals surface area contributed by atoms with Gasteiger partial charge in [0.15, 0.2) is 0 Å². The number of aromatic nitrogens is 2. The molecule has 0 saturated carbocycles. The van der Waals surface area contributed by atoms with Crippen molar-refractivity contribution >= 4 is 16.8 Å². The molecule has 4 rings (SSSR count). The van der Waals surface area contributed by atoms with Crippen LogP contribution in [0.4, 0.5) is 4.39 Å². The maximum Gasteiger partial charge on any atom is 0.261 e. The lowest BCUT2D eigenvalue weighted by Gasteiger charge is -2.31. The van der Waals surface area contributed by atoms with Crippen molar-refractivity contribution in [3.63, 3.8) is 0 Å². The Bertz CT molecular complexity index is 1150. The van der Waals surface area contributed by atoms with E-state index >= 15 is 0 Å².